The fourth-order valence-corrected chi connectivity index (χ4v) is 4.47. The summed E-state index contributed by atoms with van der Waals surface area (Å²) in [6.45, 7) is 6.64. The number of pyridine rings is 2. The van der Waals surface area contributed by atoms with E-state index < -0.39 is 17.6 Å². The van der Waals surface area contributed by atoms with Crippen molar-refractivity contribution >= 4 is 28.4 Å². The lowest BCUT2D eigenvalue weighted by atomic mass is 10.0. The first-order valence-electron chi connectivity index (χ1n) is 12.9. The Hall–Kier alpha value is -4.60. The third-order valence-corrected chi connectivity index (χ3v) is 6.76. The molecule has 4 aromatic rings. The number of hydrogen-bond acceptors (Lipinski definition) is 8. The van der Waals surface area contributed by atoms with Gasteiger partial charge in [0.2, 0.25) is 0 Å². The van der Waals surface area contributed by atoms with Gasteiger partial charge in [0.25, 0.3) is 5.91 Å². The Bertz CT molecular complexity index is 1690. The highest BCUT2D eigenvalue weighted by atomic mass is 19.4. The second-order valence-corrected chi connectivity index (χ2v) is 9.71. The minimum Gasteiger partial charge on any atom is -0.383 e. The normalized spacial score (nSPS) is 14.0. The number of nitrogens with two attached hydrogens (primary N) is 1. The molecule has 0 bridgehead atoms. The topological polar surface area (TPSA) is 122 Å². The molecule has 0 aliphatic carbocycles. The van der Waals surface area contributed by atoms with Crippen molar-refractivity contribution in [1.82, 2.24) is 30.2 Å². The van der Waals surface area contributed by atoms with Gasteiger partial charge in [0.1, 0.15) is 16.9 Å². The average Bonchev–Trinajstić information content (AvgIpc) is 2.94. The Labute approximate surface area is 234 Å². The zero-order valence-electron chi connectivity index (χ0n) is 22.4. The first-order valence-corrected chi connectivity index (χ1v) is 12.9. The lowest BCUT2D eigenvalue weighted by Crippen LogP contribution is -2.43. The lowest BCUT2D eigenvalue weighted by molar-refractivity contribution is -0.138. The standard InChI is InChI=1S/C29H27F3N8O/c1-17-18(2)38-26-23(27(33)36-15-25(26)37-17)6-3-19-11-21(14-35-13-19)28(41)39-22-5-4-20(24(12-22)29(30,31)32)16-40-9-7-34-8-10-40/h4-5,11-15,34H,7-10,16H2,1-2H3,(H2,33,36)(H,39,41). The van der Waals surface area contributed by atoms with Crippen LogP contribution < -0.4 is 16.4 Å². The molecule has 3 aromatic heterocycles. The van der Waals surface area contributed by atoms with Crippen molar-refractivity contribution in [2.24, 2.45) is 0 Å². The maximum atomic E-state index is 13.9. The predicted octanol–water partition coefficient (Wildman–Crippen LogP) is 3.69. The molecule has 1 aromatic carbocycles. The average molecular weight is 561 g/mol. The van der Waals surface area contributed by atoms with Crippen molar-refractivity contribution in [3.8, 4) is 11.8 Å². The van der Waals surface area contributed by atoms with Gasteiger partial charge >= 0.3 is 6.18 Å². The van der Waals surface area contributed by atoms with E-state index in [0.717, 1.165) is 30.5 Å². The molecule has 0 unspecified atom stereocenters. The largest absolute Gasteiger partial charge is 0.416 e. The van der Waals surface area contributed by atoms with Crippen LogP contribution in [0, 0.1) is 25.7 Å². The maximum Gasteiger partial charge on any atom is 0.416 e. The van der Waals surface area contributed by atoms with E-state index in [-0.39, 0.29) is 29.2 Å². The molecule has 0 atom stereocenters. The van der Waals surface area contributed by atoms with Crippen LogP contribution in [0.25, 0.3) is 11.0 Å². The van der Waals surface area contributed by atoms with Gasteiger partial charge in [-0.15, -0.1) is 0 Å². The zero-order chi connectivity index (χ0) is 29.1. The van der Waals surface area contributed by atoms with Gasteiger partial charge in [-0.05, 0) is 37.6 Å². The van der Waals surface area contributed by atoms with Gasteiger partial charge in [-0.3, -0.25) is 14.7 Å². The number of hydrogen-bond donors (Lipinski definition) is 3. The Kier molecular flexibility index (Phi) is 7.83. The van der Waals surface area contributed by atoms with Crippen LogP contribution in [0.15, 0.2) is 42.9 Å². The molecule has 1 aliphatic heterocycles. The van der Waals surface area contributed by atoms with Crippen molar-refractivity contribution in [1.29, 1.82) is 0 Å². The number of aromatic nitrogens is 4. The van der Waals surface area contributed by atoms with Crippen molar-refractivity contribution < 1.29 is 18.0 Å². The number of nitrogen functional groups attached to an aromatic ring is 1. The van der Waals surface area contributed by atoms with Gasteiger partial charge in [-0.1, -0.05) is 17.9 Å². The van der Waals surface area contributed by atoms with Crippen LogP contribution in [0.1, 0.15) is 44.0 Å². The molecule has 4 N–H and O–H groups in total. The molecule has 1 fully saturated rings. The first kappa shape index (κ1) is 27.9. The maximum absolute atomic E-state index is 13.9. The summed E-state index contributed by atoms with van der Waals surface area (Å²) in [6, 6.07) is 5.35. The number of nitrogens with one attached hydrogen (secondary N) is 2. The molecular weight excluding hydrogens is 533 g/mol. The van der Waals surface area contributed by atoms with E-state index in [1.54, 1.807) is 0 Å². The van der Waals surface area contributed by atoms with Gasteiger partial charge in [-0.2, -0.15) is 13.2 Å². The number of rotatable bonds is 4. The molecule has 5 rings (SSSR count). The number of benzene rings is 1. The Balaban J connectivity index is 1.38. The number of anilines is 2. The van der Waals surface area contributed by atoms with E-state index in [4.69, 9.17) is 5.73 Å². The first-order chi connectivity index (χ1) is 19.6. The second kappa shape index (κ2) is 11.5. The summed E-state index contributed by atoms with van der Waals surface area (Å²) < 4.78 is 41.7. The number of carbonyl (C=O) groups excluding carboxylic acids is 1. The summed E-state index contributed by atoms with van der Waals surface area (Å²) in [5.41, 5.74) is 8.96. The number of alkyl halides is 3. The van der Waals surface area contributed by atoms with Crippen LogP contribution in [-0.4, -0.2) is 56.9 Å². The molecule has 9 nitrogen and oxygen atoms in total. The molecule has 4 heterocycles. The van der Waals surface area contributed by atoms with E-state index in [0.29, 0.717) is 35.2 Å². The SMILES string of the molecule is Cc1nc2cnc(N)c(C#Cc3cncc(C(=O)Nc4ccc(CN5CCNCC5)c(C(F)(F)F)c4)c3)c2nc1C. The summed E-state index contributed by atoms with van der Waals surface area (Å²) in [5, 5.41) is 5.73. The number of halogens is 3. The van der Waals surface area contributed by atoms with E-state index in [1.165, 1.54) is 36.8 Å². The summed E-state index contributed by atoms with van der Waals surface area (Å²) in [6.07, 6.45) is -0.257. The Morgan fingerprint density at radius 3 is 2.59 bits per heavy atom. The molecule has 1 amide bonds. The third kappa shape index (κ3) is 6.42. The highest BCUT2D eigenvalue weighted by Gasteiger charge is 2.34. The smallest absolute Gasteiger partial charge is 0.383 e. The number of fused-ring (bicyclic) bond motifs is 1. The summed E-state index contributed by atoms with van der Waals surface area (Å²) >= 11 is 0. The minimum absolute atomic E-state index is 0.0294. The molecule has 0 saturated carbocycles. The van der Waals surface area contributed by atoms with Gasteiger partial charge in [0.05, 0.1) is 34.3 Å². The van der Waals surface area contributed by atoms with Gasteiger partial charge in [-0.25, -0.2) is 15.0 Å². The van der Waals surface area contributed by atoms with Crippen LogP contribution >= 0.6 is 0 Å². The molecule has 12 heteroatoms. The Morgan fingerprint density at radius 1 is 1.07 bits per heavy atom. The van der Waals surface area contributed by atoms with E-state index in [1.807, 2.05) is 18.7 Å². The van der Waals surface area contributed by atoms with Crippen molar-refractivity contribution in [3.63, 3.8) is 0 Å². The molecular formula is C29H27F3N8O. The second-order valence-electron chi connectivity index (χ2n) is 9.71. The minimum atomic E-state index is -4.57. The van der Waals surface area contributed by atoms with Gasteiger partial charge in [0, 0.05) is 56.4 Å². The number of carbonyl (C=O) groups is 1. The molecule has 41 heavy (non-hydrogen) atoms. The third-order valence-electron chi connectivity index (χ3n) is 6.76. The highest BCUT2D eigenvalue weighted by molar-refractivity contribution is 6.04. The number of aryl methyl sites for hydroxylation is 2. The monoisotopic (exact) mass is 560 g/mol. The van der Waals surface area contributed by atoms with Gasteiger partial charge < -0.3 is 16.4 Å². The van der Waals surface area contributed by atoms with E-state index >= 15 is 0 Å². The van der Waals surface area contributed by atoms with Crippen molar-refractivity contribution in [2.45, 2.75) is 26.6 Å². The molecule has 0 spiro atoms. The lowest BCUT2D eigenvalue weighted by Gasteiger charge is -2.28. The fourth-order valence-electron chi connectivity index (χ4n) is 4.47. The molecule has 210 valence electrons. The Morgan fingerprint density at radius 2 is 1.83 bits per heavy atom. The summed E-state index contributed by atoms with van der Waals surface area (Å²) in [4.78, 5) is 32.2. The fraction of sp³-hybridized carbons (Fsp3) is 0.276. The van der Waals surface area contributed by atoms with E-state index in [9.17, 15) is 18.0 Å². The number of nitrogens with zero attached hydrogens (tertiary/aromatic N) is 5. The molecule has 0 radical (unpaired) electrons. The summed E-state index contributed by atoms with van der Waals surface area (Å²) in [7, 11) is 0. The van der Waals surface area contributed by atoms with E-state index in [2.05, 4.69) is 42.4 Å². The number of amides is 1. The van der Waals surface area contributed by atoms with Crippen LogP contribution in [-0.2, 0) is 12.7 Å². The molecule has 1 saturated heterocycles. The van der Waals surface area contributed by atoms with Gasteiger partial charge in [0.15, 0.2) is 0 Å². The quantitative estimate of drug-likeness (QED) is 0.323. The van der Waals surface area contributed by atoms with Crippen LogP contribution in [0.4, 0.5) is 24.7 Å². The van der Waals surface area contributed by atoms with Crippen molar-refractivity contribution in [3.05, 3.63) is 82.1 Å². The zero-order valence-corrected chi connectivity index (χ0v) is 22.4. The summed E-state index contributed by atoms with van der Waals surface area (Å²) in [5.74, 6) is 5.45. The van der Waals surface area contributed by atoms with Crippen molar-refractivity contribution in [2.75, 3.05) is 37.2 Å². The number of piperazine rings is 1. The van der Waals surface area contributed by atoms with Crippen LogP contribution in [0.3, 0.4) is 0 Å². The van der Waals surface area contributed by atoms with Crippen LogP contribution in [0.2, 0.25) is 0 Å². The van der Waals surface area contributed by atoms with Crippen LogP contribution in [0.5, 0.6) is 0 Å². The highest BCUT2D eigenvalue weighted by Crippen LogP contribution is 2.34. The predicted molar refractivity (Wildman–Crippen MR) is 149 cm³/mol. The molecule has 1 aliphatic rings.